The Kier molecular flexibility index (Phi) is 3.12. The third kappa shape index (κ3) is 2.04. The number of rotatable bonds is 3. The second-order valence-electron chi connectivity index (χ2n) is 4.40. The molecule has 0 radical (unpaired) electrons. The highest BCUT2D eigenvalue weighted by Gasteiger charge is 2.23. The molecule has 2 aromatic rings. The fourth-order valence-electron chi connectivity index (χ4n) is 2.32. The maximum absolute atomic E-state index is 5.53. The summed E-state index contributed by atoms with van der Waals surface area (Å²) in [6.45, 7) is 3.27. The van der Waals surface area contributed by atoms with Gasteiger partial charge in [-0.3, -0.25) is 0 Å². The first-order valence-corrected chi connectivity index (χ1v) is 6.18. The average molecular weight is 247 g/mol. The average Bonchev–Trinajstić information content (AvgIpc) is 2.87. The van der Waals surface area contributed by atoms with E-state index in [1.54, 1.807) is 10.7 Å². The molecule has 6 nitrogen and oxygen atoms in total. The summed E-state index contributed by atoms with van der Waals surface area (Å²) in [6.07, 6.45) is 3.71. The molecule has 1 fully saturated rings. The minimum atomic E-state index is 0.335. The SMILES string of the molecule is CNCC1COCCN1c1ccn2nccc2n1. The number of anilines is 1. The highest BCUT2D eigenvalue weighted by Crippen LogP contribution is 2.17. The molecule has 6 heteroatoms. The Morgan fingerprint density at radius 2 is 2.44 bits per heavy atom. The molecule has 1 N–H and O–H groups in total. The van der Waals surface area contributed by atoms with Gasteiger partial charge in [-0.2, -0.15) is 5.10 Å². The normalized spacial score (nSPS) is 20.5. The number of ether oxygens (including phenoxy) is 1. The largest absolute Gasteiger partial charge is 0.377 e. The molecule has 1 unspecified atom stereocenters. The number of likely N-dealkylation sites (N-methyl/N-ethyl adjacent to an activating group) is 1. The van der Waals surface area contributed by atoms with E-state index in [1.165, 1.54) is 0 Å². The van der Waals surface area contributed by atoms with E-state index in [2.05, 4.69) is 20.3 Å². The lowest BCUT2D eigenvalue weighted by Crippen LogP contribution is -2.50. The number of fused-ring (bicyclic) bond motifs is 1. The zero-order valence-electron chi connectivity index (χ0n) is 10.4. The summed E-state index contributed by atoms with van der Waals surface area (Å²) < 4.78 is 7.31. The number of hydrogen-bond acceptors (Lipinski definition) is 5. The number of morpholine rings is 1. The maximum Gasteiger partial charge on any atom is 0.157 e. The second-order valence-corrected chi connectivity index (χ2v) is 4.40. The number of nitrogens with one attached hydrogen (secondary N) is 1. The lowest BCUT2D eigenvalue weighted by molar-refractivity contribution is 0.0939. The minimum Gasteiger partial charge on any atom is -0.377 e. The van der Waals surface area contributed by atoms with Crippen molar-refractivity contribution in [3.63, 3.8) is 0 Å². The van der Waals surface area contributed by atoms with Gasteiger partial charge in [-0.25, -0.2) is 9.50 Å². The molecule has 0 aliphatic carbocycles. The van der Waals surface area contributed by atoms with Crippen LogP contribution >= 0.6 is 0 Å². The zero-order chi connectivity index (χ0) is 12.4. The fourth-order valence-corrected chi connectivity index (χ4v) is 2.32. The van der Waals surface area contributed by atoms with E-state index in [9.17, 15) is 0 Å². The molecule has 0 amide bonds. The Hall–Kier alpha value is -1.66. The third-order valence-electron chi connectivity index (χ3n) is 3.20. The van der Waals surface area contributed by atoms with Gasteiger partial charge in [0.25, 0.3) is 0 Å². The second kappa shape index (κ2) is 4.91. The molecule has 1 aliphatic rings. The van der Waals surface area contributed by atoms with Crippen molar-refractivity contribution in [2.45, 2.75) is 6.04 Å². The van der Waals surface area contributed by atoms with Crippen molar-refractivity contribution in [3.05, 3.63) is 24.5 Å². The van der Waals surface area contributed by atoms with Crippen LogP contribution in [0.25, 0.3) is 5.65 Å². The van der Waals surface area contributed by atoms with Crippen LogP contribution in [0.3, 0.4) is 0 Å². The molecular formula is C12H17N5O. The van der Waals surface area contributed by atoms with Gasteiger partial charge in [0, 0.05) is 25.4 Å². The van der Waals surface area contributed by atoms with Gasteiger partial charge < -0.3 is 15.0 Å². The van der Waals surface area contributed by atoms with E-state index >= 15 is 0 Å². The van der Waals surface area contributed by atoms with E-state index < -0.39 is 0 Å². The predicted octanol–water partition coefficient (Wildman–Crippen LogP) is 0.154. The van der Waals surface area contributed by atoms with Crippen LogP contribution in [0.4, 0.5) is 5.82 Å². The van der Waals surface area contributed by atoms with Crippen LogP contribution in [0, 0.1) is 0 Å². The van der Waals surface area contributed by atoms with Gasteiger partial charge in [-0.1, -0.05) is 0 Å². The number of nitrogens with zero attached hydrogens (tertiary/aromatic N) is 4. The summed E-state index contributed by atoms with van der Waals surface area (Å²) in [5, 5.41) is 7.36. The summed E-state index contributed by atoms with van der Waals surface area (Å²) >= 11 is 0. The lowest BCUT2D eigenvalue weighted by Gasteiger charge is -2.36. The molecule has 0 spiro atoms. The molecule has 96 valence electrons. The van der Waals surface area contributed by atoms with Crippen LogP contribution < -0.4 is 10.2 Å². The molecule has 1 atom stereocenters. The summed E-state index contributed by atoms with van der Waals surface area (Å²) in [5.74, 6) is 0.992. The smallest absolute Gasteiger partial charge is 0.157 e. The molecule has 0 saturated carbocycles. The summed E-state index contributed by atoms with van der Waals surface area (Å²) in [5.41, 5.74) is 0.877. The Labute approximate surface area is 106 Å². The molecular weight excluding hydrogens is 230 g/mol. The zero-order valence-corrected chi connectivity index (χ0v) is 10.4. The van der Waals surface area contributed by atoms with Crippen LogP contribution in [0.15, 0.2) is 24.5 Å². The highest BCUT2D eigenvalue weighted by molar-refractivity contribution is 5.48. The Bertz CT molecular complexity index is 524. The quantitative estimate of drug-likeness (QED) is 0.837. The van der Waals surface area contributed by atoms with Crippen molar-refractivity contribution in [1.82, 2.24) is 19.9 Å². The van der Waals surface area contributed by atoms with E-state index in [1.807, 2.05) is 25.4 Å². The van der Waals surface area contributed by atoms with Crippen LogP contribution in [-0.4, -0.2) is 54.0 Å². The fraction of sp³-hybridized carbons (Fsp3) is 0.500. The van der Waals surface area contributed by atoms with Crippen molar-refractivity contribution in [1.29, 1.82) is 0 Å². The summed E-state index contributed by atoms with van der Waals surface area (Å²) in [7, 11) is 1.96. The molecule has 1 saturated heterocycles. The number of aromatic nitrogens is 3. The monoisotopic (exact) mass is 247 g/mol. The first-order valence-electron chi connectivity index (χ1n) is 6.18. The summed E-state index contributed by atoms with van der Waals surface area (Å²) in [4.78, 5) is 6.93. The van der Waals surface area contributed by atoms with Gasteiger partial charge in [0.15, 0.2) is 5.65 Å². The third-order valence-corrected chi connectivity index (χ3v) is 3.20. The Morgan fingerprint density at radius 1 is 1.50 bits per heavy atom. The van der Waals surface area contributed by atoms with E-state index in [4.69, 9.17) is 4.74 Å². The van der Waals surface area contributed by atoms with Gasteiger partial charge in [0.1, 0.15) is 5.82 Å². The van der Waals surface area contributed by atoms with Crippen LogP contribution in [0.2, 0.25) is 0 Å². The molecule has 3 heterocycles. The topological polar surface area (TPSA) is 54.7 Å². The maximum atomic E-state index is 5.53. The molecule has 3 rings (SSSR count). The Balaban J connectivity index is 1.90. The van der Waals surface area contributed by atoms with Gasteiger partial charge in [0.05, 0.1) is 25.5 Å². The minimum absolute atomic E-state index is 0.335. The van der Waals surface area contributed by atoms with E-state index in [0.29, 0.717) is 6.04 Å². The molecule has 2 aromatic heterocycles. The van der Waals surface area contributed by atoms with Crippen molar-refractivity contribution in [3.8, 4) is 0 Å². The van der Waals surface area contributed by atoms with E-state index in [0.717, 1.165) is 37.8 Å². The predicted molar refractivity (Wildman–Crippen MR) is 68.9 cm³/mol. The Morgan fingerprint density at radius 3 is 3.33 bits per heavy atom. The van der Waals surface area contributed by atoms with Crippen molar-refractivity contribution < 1.29 is 4.74 Å². The molecule has 18 heavy (non-hydrogen) atoms. The number of hydrogen-bond donors (Lipinski definition) is 1. The first-order chi connectivity index (χ1) is 8.88. The van der Waals surface area contributed by atoms with Gasteiger partial charge in [-0.15, -0.1) is 0 Å². The van der Waals surface area contributed by atoms with Crippen molar-refractivity contribution >= 4 is 11.5 Å². The van der Waals surface area contributed by atoms with Gasteiger partial charge >= 0.3 is 0 Å². The van der Waals surface area contributed by atoms with Crippen LogP contribution in [0.5, 0.6) is 0 Å². The standard InChI is InChI=1S/C12H17N5O/c1-13-8-10-9-18-7-6-16(10)11-3-5-17-12(15-11)2-4-14-17/h2-5,10,13H,6-9H2,1H3. The van der Waals surface area contributed by atoms with E-state index in [-0.39, 0.29) is 0 Å². The summed E-state index contributed by atoms with van der Waals surface area (Å²) in [6, 6.07) is 4.26. The highest BCUT2D eigenvalue weighted by atomic mass is 16.5. The molecule has 0 aromatic carbocycles. The van der Waals surface area contributed by atoms with Crippen LogP contribution in [-0.2, 0) is 4.74 Å². The van der Waals surface area contributed by atoms with Gasteiger partial charge in [-0.05, 0) is 13.1 Å². The molecule has 0 bridgehead atoms. The van der Waals surface area contributed by atoms with Crippen molar-refractivity contribution in [2.24, 2.45) is 0 Å². The molecule has 1 aliphatic heterocycles. The first kappa shape index (κ1) is 11.4. The van der Waals surface area contributed by atoms with Crippen LogP contribution in [0.1, 0.15) is 0 Å². The van der Waals surface area contributed by atoms with Gasteiger partial charge in [0.2, 0.25) is 0 Å². The lowest BCUT2D eigenvalue weighted by atomic mass is 10.2. The van der Waals surface area contributed by atoms with Crippen molar-refractivity contribution in [2.75, 3.05) is 38.3 Å².